The van der Waals surface area contributed by atoms with Crippen molar-refractivity contribution in [1.29, 1.82) is 0 Å². The van der Waals surface area contributed by atoms with Crippen LogP contribution >= 0.6 is 0 Å². The molecule has 2 atom stereocenters. The average Bonchev–Trinajstić information content (AvgIpc) is 2.44. The zero-order valence-electron chi connectivity index (χ0n) is 15.0. The summed E-state index contributed by atoms with van der Waals surface area (Å²) in [7, 11) is 0. The molecule has 118 valence electrons. The highest BCUT2D eigenvalue weighted by atomic mass is 14.2. The van der Waals surface area contributed by atoms with E-state index in [1.165, 1.54) is 51.4 Å². The zero-order valence-corrected chi connectivity index (χ0v) is 15.0. The maximum absolute atomic E-state index is 2.48. The lowest BCUT2D eigenvalue weighted by atomic mass is 9.85. The van der Waals surface area contributed by atoms with Crippen molar-refractivity contribution in [3.05, 3.63) is 23.3 Å². The monoisotopic (exact) mass is 278 g/mol. The predicted molar refractivity (Wildman–Crippen MR) is 94.1 cm³/mol. The Morgan fingerprint density at radius 3 is 2.25 bits per heavy atom. The molecule has 0 N–H and O–H groups in total. The second-order valence-corrected chi connectivity index (χ2v) is 6.37. The first-order valence-electron chi connectivity index (χ1n) is 8.91. The van der Waals surface area contributed by atoms with Gasteiger partial charge >= 0.3 is 0 Å². The second-order valence-electron chi connectivity index (χ2n) is 6.37. The maximum Gasteiger partial charge on any atom is -0.0229 e. The van der Waals surface area contributed by atoms with Crippen molar-refractivity contribution in [3.8, 4) is 0 Å². The molecule has 0 spiro atoms. The van der Waals surface area contributed by atoms with Gasteiger partial charge in [0.15, 0.2) is 0 Å². The van der Waals surface area contributed by atoms with Crippen molar-refractivity contribution < 1.29 is 0 Å². The molecular formula is C20H38. The van der Waals surface area contributed by atoms with Crippen molar-refractivity contribution in [2.24, 2.45) is 11.8 Å². The minimum atomic E-state index is 0.771. The first-order chi connectivity index (χ1) is 9.58. The van der Waals surface area contributed by atoms with Gasteiger partial charge in [0.25, 0.3) is 0 Å². The van der Waals surface area contributed by atoms with E-state index in [-0.39, 0.29) is 0 Å². The SMILES string of the molecule is C/C=C(\CC)CC[C@@H](C)CC(C)/C(=C\CC)CCCC. The van der Waals surface area contributed by atoms with Crippen LogP contribution in [-0.2, 0) is 0 Å². The summed E-state index contributed by atoms with van der Waals surface area (Å²) in [5, 5.41) is 0. The summed E-state index contributed by atoms with van der Waals surface area (Å²) in [5.74, 6) is 1.61. The van der Waals surface area contributed by atoms with Crippen LogP contribution < -0.4 is 0 Å². The van der Waals surface area contributed by atoms with E-state index in [1.807, 2.05) is 0 Å². The van der Waals surface area contributed by atoms with Gasteiger partial charge in [-0.3, -0.25) is 0 Å². The fourth-order valence-corrected chi connectivity index (χ4v) is 3.02. The number of hydrogen-bond donors (Lipinski definition) is 0. The Labute approximate surface area is 128 Å². The van der Waals surface area contributed by atoms with Crippen LogP contribution in [0.4, 0.5) is 0 Å². The molecule has 0 aromatic rings. The van der Waals surface area contributed by atoms with Gasteiger partial charge in [0, 0.05) is 0 Å². The summed E-state index contributed by atoms with van der Waals surface area (Å²) >= 11 is 0. The molecule has 20 heavy (non-hydrogen) atoms. The summed E-state index contributed by atoms with van der Waals surface area (Å²) in [6.07, 6.45) is 15.2. The molecule has 0 fully saturated rings. The summed E-state index contributed by atoms with van der Waals surface area (Å²) in [6, 6.07) is 0. The minimum Gasteiger partial charge on any atom is -0.0885 e. The number of unbranched alkanes of at least 4 members (excludes halogenated alkanes) is 1. The van der Waals surface area contributed by atoms with Gasteiger partial charge in [-0.15, -0.1) is 0 Å². The standard InChI is InChI=1S/C20H38/c1-7-11-13-20(12-8-2)18(6)16-17(5)14-15-19(9-3)10-4/h9,12,17-18H,7-8,10-11,13-16H2,1-6H3/b19-9+,20-12-/t17-,18?/m1/s1. The molecule has 0 saturated heterocycles. The van der Waals surface area contributed by atoms with E-state index >= 15 is 0 Å². The number of allylic oxidation sites excluding steroid dienone is 4. The van der Waals surface area contributed by atoms with Crippen molar-refractivity contribution in [3.63, 3.8) is 0 Å². The molecule has 0 nitrogen and oxygen atoms in total. The summed E-state index contributed by atoms with van der Waals surface area (Å²) in [4.78, 5) is 0. The van der Waals surface area contributed by atoms with Gasteiger partial charge in [0.2, 0.25) is 0 Å². The Hall–Kier alpha value is -0.520. The first-order valence-corrected chi connectivity index (χ1v) is 8.91. The predicted octanol–water partition coefficient (Wildman–Crippen LogP) is 7.31. The van der Waals surface area contributed by atoms with Crippen LogP contribution in [0, 0.1) is 11.8 Å². The van der Waals surface area contributed by atoms with E-state index in [0.29, 0.717) is 0 Å². The maximum atomic E-state index is 2.48. The van der Waals surface area contributed by atoms with Crippen LogP contribution in [0.2, 0.25) is 0 Å². The molecule has 0 radical (unpaired) electrons. The lowest BCUT2D eigenvalue weighted by Crippen LogP contribution is -2.07. The van der Waals surface area contributed by atoms with Crippen LogP contribution in [0.5, 0.6) is 0 Å². The van der Waals surface area contributed by atoms with E-state index in [0.717, 1.165) is 11.8 Å². The molecule has 0 aliphatic heterocycles. The van der Waals surface area contributed by atoms with Gasteiger partial charge < -0.3 is 0 Å². The van der Waals surface area contributed by atoms with Crippen molar-refractivity contribution in [2.45, 2.75) is 92.9 Å². The van der Waals surface area contributed by atoms with Crippen LogP contribution in [0.3, 0.4) is 0 Å². The van der Waals surface area contributed by atoms with Crippen LogP contribution in [0.25, 0.3) is 0 Å². The third-order valence-corrected chi connectivity index (χ3v) is 4.49. The molecule has 0 aliphatic rings. The van der Waals surface area contributed by atoms with Gasteiger partial charge in [0.1, 0.15) is 0 Å². The van der Waals surface area contributed by atoms with Gasteiger partial charge in [0.05, 0.1) is 0 Å². The molecule has 0 aliphatic carbocycles. The van der Waals surface area contributed by atoms with Crippen molar-refractivity contribution in [1.82, 2.24) is 0 Å². The second kappa shape index (κ2) is 12.2. The Kier molecular flexibility index (Phi) is 11.9. The quantitative estimate of drug-likeness (QED) is 0.347. The lowest BCUT2D eigenvalue weighted by Gasteiger charge is -2.21. The third kappa shape index (κ3) is 8.61. The topological polar surface area (TPSA) is 0 Å². The van der Waals surface area contributed by atoms with Gasteiger partial charge in [-0.25, -0.2) is 0 Å². The minimum absolute atomic E-state index is 0.771. The van der Waals surface area contributed by atoms with Crippen molar-refractivity contribution >= 4 is 0 Å². The highest BCUT2D eigenvalue weighted by Gasteiger charge is 2.13. The molecule has 0 amide bonds. The van der Waals surface area contributed by atoms with E-state index in [9.17, 15) is 0 Å². The van der Waals surface area contributed by atoms with Gasteiger partial charge in [-0.2, -0.15) is 0 Å². The summed E-state index contributed by atoms with van der Waals surface area (Å²) in [5.41, 5.74) is 3.34. The Balaban J connectivity index is 4.26. The molecular weight excluding hydrogens is 240 g/mol. The molecule has 0 heterocycles. The summed E-state index contributed by atoms with van der Waals surface area (Å²) < 4.78 is 0. The van der Waals surface area contributed by atoms with Crippen LogP contribution in [0.15, 0.2) is 23.3 Å². The Bertz CT molecular complexity index is 282. The zero-order chi connectivity index (χ0) is 15.4. The molecule has 1 unspecified atom stereocenters. The van der Waals surface area contributed by atoms with Crippen LogP contribution in [-0.4, -0.2) is 0 Å². The first kappa shape index (κ1) is 19.5. The third-order valence-electron chi connectivity index (χ3n) is 4.49. The molecule has 0 rings (SSSR count). The normalized spacial score (nSPS) is 16.3. The summed E-state index contributed by atoms with van der Waals surface area (Å²) in [6.45, 7) is 13.9. The van der Waals surface area contributed by atoms with Gasteiger partial charge in [-0.1, -0.05) is 64.3 Å². The van der Waals surface area contributed by atoms with E-state index < -0.39 is 0 Å². The molecule has 0 heteroatoms. The largest absolute Gasteiger partial charge is 0.0885 e. The number of rotatable bonds is 11. The lowest BCUT2D eigenvalue weighted by molar-refractivity contribution is 0.417. The van der Waals surface area contributed by atoms with Gasteiger partial charge in [-0.05, 0) is 63.7 Å². The molecule has 0 aromatic heterocycles. The van der Waals surface area contributed by atoms with E-state index in [4.69, 9.17) is 0 Å². The van der Waals surface area contributed by atoms with E-state index in [2.05, 4.69) is 53.7 Å². The fourth-order valence-electron chi connectivity index (χ4n) is 3.02. The highest BCUT2D eigenvalue weighted by molar-refractivity contribution is 5.06. The smallest absolute Gasteiger partial charge is 0.0229 e. The van der Waals surface area contributed by atoms with Crippen LogP contribution in [0.1, 0.15) is 92.9 Å². The van der Waals surface area contributed by atoms with E-state index in [1.54, 1.807) is 11.1 Å². The molecule has 0 bridgehead atoms. The molecule has 0 aromatic carbocycles. The fraction of sp³-hybridized carbons (Fsp3) is 0.800. The Morgan fingerprint density at radius 1 is 1.05 bits per heavy atom. The van der Waals surface area contributed by atoms with Crippen molar-refractivity contribution in [2.75, 3.05) is 0 Å². The highest BCUT2D eigenvalue weighted by Crippen LogP contribution is 2.27. The Morgan fingerprint density at radius 2 is 1.75 bits per heavy atom. The average molecular weight is 279 g/mol. The number of hydrogen-bond acceptors (Lipinski definition) is 0. The molecule has 0 saturated carbocycles.